The Morgan fingerprint density at radius 2 is 1.85 bits per heavy atom. The van der Waals surface area contributed by atoms with Gasteiger partial charge in [0.15, 0.2) is 0 Å². The molecule has 0 spiro atoms. The molecule has 0 radical (unpaired) electrons. The lowest BCUT2D eigenvalue weighted by Gasteiger charge is -2.18. The standard InChI is InChI=1S/C9H21N3O/c1-4-11-9(13)7-10-8-12(5-2)6-3/h10H,4-8H2,1-3H3,(H,11,13). The number of carbonyl (C=O) groups is 1. The fraction of sp³-hybridized carbons (Fsp3) is 0.889. The van der Waals surface area contributed by atoms with E-state index in [1.807, 2.05) is 6.92 Å². The number of carbonyl (C=O) groups excluding carboxylic acids is 1. The molecule has 0 fully saturated rings. The van der Waals surface area contributed by atoms with Gasteiger partial charge >= 0.3 is 0 Å². The monoisotopic (exact) mass is 187 g/mol. The first kappa shape index (κ1) is 12.4. The highest BCUT2D eigenvalue weighted by Crippen LogP contribution is 1.81. The van der Waals surface area contributed by atoms with E-state index in [9.17, 15) is 4.79 Å². The zero-order valence-corrected chi connectivity index (χ0v) is 8.89. The number of likely N-dealkylation sites (N-methyl/N-ethyl adjacent to an activating group) is 1. The second kappa shape index (κ2) is 8.01. The molecule has 1 amide bonds. The summed E-state index contributed by atoms with van der Waals surface area (Å²) in [6.07, 6.45) is 0. The van der Waals surface area contributed by atoms with Gasteiger partial charge in [0.25, 0.3) is 0 Å². The van der Waals surface area contributed by atoms with Gasteiger partial charge < -0.3 is 5.32 Å². The summed E-state index contributed by atoms with van der Waals surface area (Å²) in [5.74, 6) is 0.0645. The Morgan fingerprint density at radius 3 is 2.31 bits per heavy atom. The number of nitrogens with zero attached hydrogens (tertiary/aromatic N) is 1. The van der Waals surface area contributed by atoms with Crippen molar-refractivity contribution in [3.05, 3.63) is 0 Å². The van der Waals surface area contributed by atoms with Crippen molar-refractivity contribution in [3.8, 4) is 0 Å². The molecular weight excluding hydrogens is 166 g/mol. The number of rotatable bonds is 7. The first-order valence-corrected chi connectivity index (χ1v) is 4.94. The number of nitrogens with one attached hydrogen (secondary N) is 2. The highest BCUT2D eigenvalue weighted by molar-refractivity contribution is 5.77. The van der Waals surface area contributed by atoms with Gasteiger partial charge in [-0.15, -0.1) is 0 Å². The van der Waals surface area contributed by atoms with E-state index in [4.69, 9.17) is 0 Å². The summed E-state index contributed by atoms with van der Waals surface area (Å²) in [5.41, 5.74) is 0. The van der Waals surface area contributed by atoms with Crippen molar-refractivity contribution >= 4 is 5.91 Å². The molecule has 13 heavy (non-hydrogen) atoms. The van der Waals surface area contributed by atoms with E-state index in [1.54, 1.807) is 0 Å². The predicted molar refractivity (Wildman–Crippen MR) is 54.5 cm³/mol. The zero-order chi connectivity index (χ0) is 10.1. The molecule has 0 aliphatic heterocycles. The molecule has 0 aromatic rings. The third-order valence-electron chi connectivity index (χ3n) is 1.89. The summed E-state index contributed by atoms with van der Waals surface area (Å²) in [7, 11) is 0. The zero-order valence-electron chi connectivity index (χ0n) is 8.89. The fourth-order valence-electron chi connectivity index (χ4n) is 1.03. The van der Waals surface area contributed by atoms with Gasteiger partial charge in [-0.25, -0.2) is 0 Å². The molecule has 0 aromatic carbocycles. The van der Waals surface area contributed by atoms with E-state index in [-0.39, 0.29) is 5.91 Å². The molecule has 0 heterocycles. The average molecular weight is 187 g/mol. The van der Waals surface area contributed by atoms with Crippen molar-refractivity contribution in [2.45, 2.75) is 20.8 Å². The number of amides is 1. The fourth-order valence-corrected chi connectivity index (χ4v) is 1.03. The van der Waals surface area contributed by atoms with Gasteiger partial charge in [-0.2, -0.15) is 0 Å². The van der Waals surface area contributed by atoms with Crippen molar-refractivity contribution in [1.82, 2.24) is 15.5 Å². The third kappa shape index (κ3) is 6.54. The molecule has 4 heteroatoms. The molecule has 78 valence electrons. The average Bonchev–Trinajstić information content (AvgIpc) is 2.13. The van der Waals surface area contributed by atoms with E-state index in [0.29, 0.717) is 13.1 Å². The lowest BCUT2D eigenvalue weighted by Crippen LogP contribution is -2.40. The summed E-state index contributed by atoms with van der Waals surface area (Å²) < 4.78 is 0. The van der Waals surface area contributed by atoms with Crippen molar-refractivity contribution < 1.29 is 4.79 Å². The Hall–Kier alpha value is -0.610. The summed E-state index contributed by atoms with van der Waals surface area (Å²) >= 11 is 0. The summed E-state index contributed by atoms with van der Waals surface area (Å²) in [5, 5.41) is 5.82. The van der Waals surface area contributed by atoms with Crippen LogP contribution in [0.4, 0.5) is 0 Å². The molecule has 0 aliphatic rings. The number of hydrogen-bond donors (Lipinski definition) is 2. The molecule has 0 rings (SSSR count). The Bertz CT molecular complexity index is 135. The molecule has 0 atom stereocenters. The van der Waals surface area contributed by atoms with Crippen molar-refractivity contribution in [1.29, 1.82) is 0 Å². The van der Waals surface area contributed by atoms with Gasteiger partial charge in [0, 0.05) is 13.2 Å². The lowest BCUT2D eigenvalue weighted by atomic mass is 10.5. The lowest BCUT2D eigenvalue weighted by molar-refractivity contribution is -0.120. The van der Waals surface area contributed by atoms with Crippen LogP contribution in [0.15, 0.2) is 0 Å². The minimum absolute atomic E-state index is 0.0645. The van der Waals surface area contributed by atoms with Gasteiger partial charge in [0.2, 0.25) is 5.91 Å². The van der Waals surface area contributed by atoms with Crippen LogP contribution in [0.2, 0.25) is 0 Å². The van der Waals surface area contributed by atoms with Crippen molar-refractivity contribution in [2.24, 2.45) is 0 Å². The Balaban J connectivity index is 3.37. The normalized spacial score (nSPS) is 10.5. The molecule has 0 aliphatic carbocycles. The van der Waals surface area contributed by atoms with Crippen LogP contribution in [-0.4, -0.2) is 43.7 Å². The van der Waals surface area contributed by atoms with Crippen LogP contribution in [0.1, 0.15) is 20.8 Å². The van der Waals surface area contributed by atoms with Crippen molar-refractivity contribution in [2.75, 3.05) is 32.8 Å². The van der Waals surface area contributed by atoms with Crippen LogP contribution in [0.25, 0.3) is 0 Å². The molecular formula is C9H21N3O. The van der Waals surface area contributed by atoms with E-state index in [2.05, 4.69) is 29.4 Å². The largest absolute Gasteiger partial charge is 0.355 e. The first-order chi connectivity index (χ1) is 6.24. The molecule has 2 N–H and O–H groups in total. The predicted octanol–water partition coefficient (Wildman–Crippen LogP) is 0.0114. The van der Waals surface area contributed by atoms with Gasteiger partial charge in [-0.3, -0.25) is 15.0 Å². The Morgan fingerprint density at radius 1 is 1.23 bits per heavy atom. The third-order valence-corrected chi connectivity index (χ3v) is 1.89. The molecule has 4 nitrogen and oxygen atoms in total. The minimum Gasteiger partial charge on any atom is -0.355 e. The van der Waals surface area contributed by atoms with Crippen LogP contribution in [0.5, 0.6) is 0 Å². The molecule has 0 saturated carbocycles. The highest BCUT2D eigenvalue weighted by Gasteiger charge is 2.00. The van der Waals surface area contributed by atoms with E-state index >= 15 is 0 Å². The topological polar surface area (TPSA) is 44.4 Å². The molecule has 0 bridgehead atoms. The van der Waals surface area contributed by atoms with E-state index < -0.39 is 0 Å². The van der Waals surface area contributed by atoms with Crippen LogP contribution < -0.4 is 10.6 Å². The van der Waals surface area contributed by atoms with E-state index in [0.717, 1.165) is 19.8 Å². The van der Waals surface area contributed by atoms with Gasteiger partial charge in [0.05, 0.1) is 6.54 Å². The van der Waals surface area contributed by atoms with Crippen LogP contribution in [0.3, 0.4) is 0 Å². The second-order valence-electron chi connectivity index (χ2n) is 2.84. The van der Waals surface area contributed by atoms with Crippen LogP contribution in [-0.2, 0) is 4.79 Å². The van der Waals surface area contributed by atoms with Gasteiger partial charge in [0.1, 0.15) is 0 Å². The smallest absolute Gasteiger partial charge is 0.233 e. The number of hydrogen-bond acceptors (Lipinski definition) is 3. The van der Waals surface area contributed by atoms with E-state index in [1.165, 1.54) is 0 Å². The Kier molecular flexibility index (Phi) is 7.63. The summed E-state index contributed by atoms with van der Waals surface area (Å²) in [6, 6.07) is 0. The van der Waals surface area contributed by atoms with Gasteiger partial charge in [-0.05, 0) is 20.0 Å². The quantitative estimate of drug-likeness (QED) is 0.552. The molecule has 0 aromatic heterocycles. The summed E-state index contributed by atoms with van der Waals surface area (Å²) in [6.45, 7) is 10.1. The molecule has 0 saturated heterocycles. The van der Waals surface area contributed by atoms with Crippen molar-refractivity contribution in [3.63, 3.8) is 0 Å². The maximum Gasteiger partial charge on any atom is 0.233 e. The summed E-state index contributed by atoms with van der Waals surface area (Å²) in [4.78, 5) is 13.2. The SMILES string of the molecule is CCNC(=O)CNCN(CC)CC. The molecule has 0 unspecified atom stereocenters. The highest BCUT2D eigenvalue weighted by atomic mass is 16.1. The van der Waals surface area contributed by atoms with Crippen LogP contribution >= 0.6 is 0 Å². The minimum atomic E-state index is 0.0645. The van der Waals surface area contributed by atoms with Gasteiger partial charge in [-0.1, -0.05) is 13.8 Å². The first-order valence-electron chi connectivity index (χ1n) is 4.94. The maximum atomic E-state index is 11.0. The van der Waals surface area contributed by atoms with Crippen LogP contribution in [0, 0.1) is 0 Å². The second-order valence-corrected chi connectivity index (χ2v) is 2.84. The Labute approximate surface area is 80.7 Å². The maximum absolute atomic E-state index is 11.0.